The second kappa shape index (κ2) is 6.19. The Morgan fingerprint density at radius 3 is 2.48 bits per heavy atom. The molecular weight excluding hydrogens is 314 g/mol. The molecule has 1 aliphatic heterocycles. The number of hydrogen-bond donors (Lipinski definition) is 0. The van der Waals surface area contributed by atoms with E-state index in [1.165, 1.54) is 4.90 Å². The summed E-state index contributed by atoms with van der Waals surface area (Å²) in [5, 5.41) is -1.29. The molecule has 1 atom stereocenters. The predicted octanol–water partition coefficient (Wildman–Crippen LogP) is 2.98. The Morgan fingerprint density at radius 1 is 1.29 bits per heavy atom. The summed E-state index contributed by atoms with van der Waals surface area (Å²) < 4.78 is 56.2. The van der Waals surface area contributed by atoms with Gasteiger partial charge in [0.1, 0.15) is 11.2 Å². The van der Waals surface area contributed by atoms with Crippen LogP contribution in [-0.4, -0.2) is 37.1 Å². The number of nitrogens with zero attached hydrogens (tertiary/aromatic N) is 1. The van der Waals surface area contributed by atoms with Crippen molar-refractivity contribution >= 4 is 17.5 Å². The number of alkyl halides is 4. The first-order valence-electron chi connectivity index (χ1n) is 6.18. The number of ether oxygens (including phenoxy) is 1. The maximum atomic E-state index is 13.2. The van der Waals surface area contributed by atoms with Gasteiger partial charge in [-0.1, -0.05) is 6.07 Å². The van der Waals surface area contributed by atoms with E-state index in [0.29, 0.717) is 38.4 Å². The van der Waals surface area contributed by atoms with Crippen LogP contribution >= 0.6 is 11.6 Å². The van der Waals surface area contributed by atoms with E-state index in [9.17, 15) is 22.4 Å². The number of benzene rings is 1. The van der Waals surface area contributed by atoms with Crippen LogP contribution in [0.1, 0.15) is 16.5 Å². The number of morpholine rings is 1. The van der Waals surface area contributed by atoms with E-state index >= 15 is 0 Å². The van der Waals surface area contributed by atoms with E-state index < -0.39 is 28.8 Å². The van der Waals surface area contributed by atoms with Gasteiger partial charge in [-0.05, 0) is 17.7 Å². The van der Waals surface area contributed by atoms with Crippen LogP contribution in [0.25, 0.3) is 0 Å². The molecule has 0 aliphatic carbocycles. The molecule has 0 spiro atoms. The maximum absolute atomic E-state index is 13.2. The van der Waals surface area contributed by atoms with E-state index in [1.54, 1.807) is 0 Å². The summed E-state index contributed by atoms with van der Waals surface area (Å²) in [6.45, 7) is 1.36. The topological polar surface area (TPSA) is 29.5 Å². The van der Waals surface area contributed by atoms with Gasteiger partial charge in [0.2, 0.25) is 5.91 Å². The Hall–Kier alpha value is -1.34. The lowest BCUT2D eigenvalue weighted by Gasteiger charge is -2.28. The third-order valence-electron chi connectivity index (χ3n) is 3.13. The van der Waals surface area contributed by atoms with Crippen molar-refractivity contribution in [1.29, 1.82) is 0 Å². The Labute approximate surface area is 123 Å². The Bertz CT molecular complexity index is 529. The maximum Gasteiger partial charge on any atom is 0.419 e. The van der Waals surface area contributed by atoms with Gasteiger partial charge in [0.15, 0.2) is 0 Å². The molecule has 1 amide bonds. The normalized spacial score (nSPS) is 17.7. The minimum Gasteiger partial charge on any atom is -0.378 e. The SMILES string of the molecule is O=C(C(Cl)c1ccc(F)c(C(F)(F)F)c1)N1CCOCC1. The van der Waals surface area contributed by atoms with E-state index in [-0.39, 0.29) is 5.56 Å². The second-order valence-electron chi connectivity index (χ2n) is 4.54. The molecule has 2 rings (SSSR count). The molecule has 21 heavy (non-hydrogen) atoms. The highest BCUT2D eigenvalue weighted by Gasteiger charge is 2.35. The van der Waals surface area contributed by atoms with Crippen molar-refractivity contribution in [2.45, 2.75) is 11.6 Å². The average molecular weight is 326 g/mol. The van der Waals surface area contributed by atoms with Gasteiger partial charge in [0, 0.05) is 13.1 Å². The monoisotopic (exact) mass is 325 g/mol. The van der Waals surface area contributed by atoms with Crippen LogP contribution in [0.3, 0.4) is 0 Å². The number of hydrogen-bond acceptors (Lipinski definition) is 2. The fraction of sp³-hybridized carbons (Fsp3) is 0.462. The number of carbonyl (C=O) groups is 1. The molecule has 0 aromatic heterocycles. The second-order valence-corrected chi connectivity index (χ2v) is 4.97. The molecule has 0 radical (unpaired) electrons. The highest BCUT2D eigenvalue weighted by molar-refractivity contribution is 6.30. The molecule has 0 bridgehead atoms. The van der Waals surface area contributed by atoms with Crippen LogP contribution in [0.2, 0.25) is 0 Å². The quantitative estimate of drug-likeness (QED) is 0.618. The summed E-state index contributed by atoms with van der Waals surface area (Å²) in [7, 11) is 0. The van der Waals surface area contributed by atoms with Gasteiger partial charge >= 0.3 is 6.18 Å². The van der Waals surface area contributed by atoms with Crippen LogP contribution in [-0.2, 0) is 15.7 Å². The van der Waals surface area contributed by atoms with Gasteiger partial charge in [-0.2, -0.15) is 13.2 Å². The summed E-state index contributed by atoms with van der Waals surface area (Å²) >= 11 is 5.94. The molecule has 1 aromatic carbocycles. The largest absolute Gasteiger partial charge is 0.419 e. The Kier molecular flexibility index (Phi) is 4.73. The number of amides is 1. The minimum atomic E-state index is -4.83. The lowest BCUT2D eigenvalue weighted by Crippen LogP contribution is -2.42. The van der Waals surface area contributed by atoms with Gasteiger partial charge in [-0.3, -0.25) is 4.79 Å². The summed E-state index contributed by atoms with van der Waals surface area (Å²) in [5.74, 6) is -1.91. The first kappa shape index (κ1) is 16.0. The molecule has 1 aliphatic rings. The van der Waals surface area contributed by atoms with Crippen molar-refractivity contribution in [3.8, 4) is 0 Å². The fourth-order valence-electron chi connectivity index (χ4n) is 2.00. The molecule has 116 valence electrons. The van der Waals surface area contributed by atoms with Crippen molar-refractivity contribution in [2.75, 3.05) is 26.3 Å². The third kappa shape index (κ3) is 3.65. The average Bonchev–Trinajstić information content (AvgIpc) is 2.46. The molecular formula is C13H12ClF4NO2. The van der Waals surface area contributed by atoms with Crippen molar-refractivity contribution in [2.24, 2.45) is 0 Å². The Morgan fingerprint density at radius 2 is 1.90 bits per heavy atom. The molecule has 8 heteroatoms. The van der Waals surface area contributed by atoms with Gasteiger partial charge < -0.3 is 9.64 Å². The number of halogens is 5. The van der Waals surface area contributed by atoms with Gasteiger partial charge in [0.05, 0.1) is 18.8 Å². The van der Waals surface area contributed by atoms with Gasteiger partial charge in [-0.15, -0.1) is 11.6 Å². The standard InChI is InChI=1S/C13H12ClF4NO2/c14-11(12(20)19-3-5-21-6-4-19)8-1-2-10(15)9(7-8)13(16,17)18/h1-2,7,11H,3-6H2. The zero-order chi connectivity index (χ0) is 15.6. The first-order chi connectivity index (χ1) is 9.80. The number of rotatable bonds is 2. The van der Waals surface area contributed by atoms with Crippen LogP contribution in [0.15, 0.2) is 18.2 Å². The molecule has 1 unspecified atom stereocenters. The molecule has 3 nitrogen and oxygen atoms in total. The molecule has 0 N–H and O–H groups in total. The van der Waals surface area contributed by atoms with E-state index in [4.69, 9.17) is 16.3 Å². The molecule has 1 heterocycles. The van der Waals surface area contributed by atoms with Crippen molar-refractivity contribution in [1.82, 2.24) is 4.90 Å². The van der Waals surface area contributed by atoms with Crippen molar-refractivity contribution in [3.63, 3.8) is 0 Å². The summed E-state index contributed by atoms with van der Waals surface area (Å²) in [6.07, 6.45) is -4.83. The fourth-order valence-corrected chi connectivity index (χ4v) is 2.28. The zero-order valence-corrected chi connectivity index (χ0v) is 11.5. The Balaban J connectivity index is 2.22. The predicted molar refractivity (Wildman–Crippen MR) is 67.4 cm³/mol. The van der Waals surface area contributed by atoms with Gasteiger partial charge in [-0.25, -0.2) is 4.39 Å². The molecule has 1 aromatic rings. The summed E-state index contributed by atoms with van der Waals surface area (Å²) in [6, 6.07) is 2.33. The first-order valence-corrected chi connectivity index (χ1v) is 6.61. The van der Waals surface area contributed by atoms with Crippen molar-refractivity contribution in [3.05, 3.63) is 35.1 Å². The van der Waals surface area contributed by atoms with Crippen LogP contribution < -0.4 is 0 Å². The highest BCUT2D eigenvalue weighted by atomic mass is 35.5. The summed E-state index contributed by atoms with van der Waals surface area (Å²) in [4.78, 5) is 13.5. The third-order valence-corrected chi connectivity index (χ3v) is 3.57. The highest BCUT2D eigenvalue weighted by Crippen LogP contribution is 2.34. The molecule has 1 fully saturated rings. The lowest BCUT2D eigenvalue weighted by molar-refractivity contribution is -0.140. The summed E-state index contributed by atoms with van der Waals surface area (Å²) in [5.41, 5.74) is -1.51. The van der Waals surface area contributed by atoms with Crippen LogP contribution in [0, 0.1) is 5.82 Å². The molecule has 1 saturated heterocycles. The lowest BCUT2D eigenvalue weighted by atomic mass is 10.1. The van der Waals surface area contributed by atoms with Crippen LogP contribution in [0.4, 0.5) is 17.6 Å². The van der Waals surface area contributed by atoms with E-state index in [1.807, 2.05) is 0 Å². The van der Waals surface area contributed by atoms with E-state index in [0.717, 1.165) is 6.07 Å². The van der Waals surface area contributed by atoms with Gasteiger partial charge in [0.25, 0.3) is 0 Å². The number of carbonyl (C=O) groups excluding carboxylic acids is 1. The van der Waals surface area contributed by atoms with Crippen LogP contribution in [0.5, 0.6) is 0 Å². The minimum absolute atomic E-state index is 0.0816. The van der Waals surface area contributed by atoms with E-state index in [2.05, 4.69) is 0 Å². The van der Waals surface area contributed by atoms with Crippen molar-refractivity contribution < 1.29 is 27.1 Å². The molecule has 0 saturated carbocycles. The smallest absolute Gasteiger partial charge is 0.378 e. The zero-order valence-electron chi connectivity index (χ0n) is 10.8.